The number of hydrogen-bond donors (Lipinski definition) is 1. The van der Waals surface area contributed by atoms with Crippen LogP contribution in [0.5, 0.6) is 5.75 Å². The lowest BCUT2D eigenvalue weighted by Crippen LogP contribution is -2.30. The molecule has 0 saturated carbocycles. The predicted molar refractivity (Wildman–Crippen MR) is 122 cm³/mol. The Hall–Kier alpha value is -3.73. The largest absolute Gasteiger partial charge is 0.489 e. The van der Waals surface area contributed by atoms with Crippen molar-refractivity contribution < 1.29 is 9.53 Å². The summed E-state index contributed by atoms with van der Waals surface area (Å²) in [4.78, 5) is 25.1. The zero-order chi connectivity index (χ0) is 21.6. The fourth-order valence-corrected chi connectivity index (χ4v) is 4.44. The van der Waals surface area contributed by atoms with Crippen LogP contribution in [0.3, 0.4) is 0 Å². The predicted octanol–water partition coefficient (Wildman–Crippen LogP) is 5.21. The number of nitrogens with one attached hydrogen (secondary N) is 1. The quantitative estimate of drug-likeness (QED) is 0.460. The van der Waals surface area contributed by atoms with Crippen LogP contribution in [0, 0.1) is 0 Å². The summed E-state index contributed by atoms with van der Waals surface area (Å²) in [6.07, 6.45) is 3.49. The Balaban J connectivity index is 1.56. The van der Waals surface area contributed by atoms with Gasteiger partial charge in [-0.25, -0.2) is 0 Å². The second-order valence-corrected chi connectivity index (χ2v) is 8.44. The smallest absolute Gasteiger partial charge is 0.195 e. The van der Waals surface area contributed by atoms with Gasteiger partial charge in [-0.1, -0.05) is 32.0 Å². The Labute approximate surface area is 180 Å². The van der Waals surface area contributed by atoms with Gasteiger partial charge in [0, 0.05) is 40.0 Å². The summed E-state index contributed by atoms with van der Waals surface area (Å²) in [5, 5.41) is 0.939. The lowest BCUT2D eigenvalue weighted by molar-refractivity contribution is 0.103. The Morgan fingerprint density at radius 1 is 1.06 bits per heavy atom. The van der Waals surface area contributed by atoms with Crippen LogP contribution in [-0.2, 0) is 18.6 Å². The number of H-pyrrole nitrogens is 1. The molecule has 0 fully saturated rings. The number of ketones is 1. The molecule has 0 radical (unpaired) electrons. The van der Waals surface area contributed by atoms with Gasteiger partial charge < -0.3 is 9.72 Å². The first-order valence-corrected chi connectivity index (χ1v) is 10.3. The van der Waals surface area contributed by atoms with Crippen LogP contribution in [0.2, 0.25) is 0 Å². The number of aliphatic imine (C=N–C) groups is 1. The fourth-order valence-electron chi connectivity index (χ4n) is 4.44. The molecule has 1 aliphatic carbocycles. The zero-order valence-electron chi connectivity index (χ0n) is 17.6. The van der Waals surface area contributed by atoms with Crippen molar-refractivity contribution in [2.45, 2.75) is 32.4 Å². The highest BCUT2D eigenvalue weighted by Crippen LogP contribution is 2.44. The van der Waals surface area contributed by atoms with Gasteiger partial charge in [0.2, 0.25) is 0 Å². The van der Waals surface area contributed by atoms with Gasteiger partial charge in [0.25, 0.3) is 0 Å². The normalized spacial score (nSPS) is 14.2. The van der Waals surface area contributed by atoms with E-state index >= 15 is 0 Å². The Morgan fingerprint density at radius 2 is 1.87 bits per heavy atom. The van der Waals surface area contributed by atoms with Gasteiger partial charge in [-0.2, -0.15) is 0 Å². The van der Waals surface area contributed by atoms with Crippen molar-refractivity contribution in [1.29, 1.82) is 0 Å². The highest BCUT2D eigenvalue weighted by Gasteiger charge is 2.39. The van der Waals surface area contributed by atoms with Crippen molar-refractivity contribution in [2.24, 2.45) is 4.99 Å². The van der Waals surface area contributed by atoms with Gasteiger partial charge in [0.05, 0.1) is 12.1 Å². The Morgan fingerprint density at radius 3 is 2.65 bits per heavy atom. The number of aromatic nitrogens is 2. The maximum absolute atomic E-state index is 13.6. The highest BCUT2D eigenvalue weighted by molar-refractivity contribution is 6.20. The minimum Gasteiger partial charge on any atom is -0.489 e. The van der Waals surface area contributed by atoms with Crippen LogP contribution in [-0.4, -0.2) is 22.5 Å². The van der Waals surface area contributed by atoms with E-state index < -0.39 is 0 Å². The van der Waals surface area contributed by atoms with Gasteiger partial charge in [0.15, 0.2) is 5.78 Å². The number of aromatic amines is 1. The molecule has 0 bridgehead atoms. The van der Waals surface area contributed by atoms with E-state index in [0.29, 0.717) is 24.5 Å². The molecule has 5 rings (SSSR count). The first-order valence-electron chi connectivity index (χ1n) is 10.3. The number of rotatable bonds is 5. The topological polar surface area (TPSA) is 67.3 Å². The molecular weight excluding hydrogens is 386 g/mol. The lowest BCUT2D eigenvalue weighted by atomic mass is 9.71. The summed E-state index contributed by atoms with van der Waals surface area (Å²) in [6.45, 7) is 8.85. The number of benzene rings is 2. The molecule has 0 aliphatic heterocycles. The van der Waals surface area contributed by atoms with E-state index in [0.717, 1.165) is 38.9 Å². The average Bonchev–Trinajstić information content (AvgIpc) is 3.17. The molecule has 2 aromatic carbocycles. The molecule has 154 valence electrons. The summed E-state index contributed by atoms with van der Waals surface area (Å²) in [7, 11) is 0. The van der Waals surface area contributed by atoms with Crippen LogP contribution in [0.25, 0.3) is 10.9 Å². The standard InChI is InChI=1S/C26H23N3O2/c1-26(2)21-7-5-18(31-15-16-8-10-28-11-9-16)13-20(21)24(30)23-19-6-4-17(14-27-3)12-22(19)29-25(23)26/h4-13,29H,3,14-15H2,1-2H3. The molecule has 5 nitrogen and oxygen atoms in total. The number of carbonyl (C=O) groups excluding carboxylic acids is 1. The van der Waals surface area contributed by atoms with Crippen molar-refractivity contribution in [3.63, 3.8) is 0 Å². The van der Waals surface area contributed by atoms with Gasteiger partial charge >= 0.3 is 0 Å². The third-order valence-electron chi connectivity index (χ3n) is 6.07. The van der Waals surface area contributed by atoms with Crippen molar-refractivity contribution >= 4 is 23.4 Å². The third kappa shape index (κ3) is 3.13. The molecular formula is C26H23N3O2. The van der Waals surface area contributed by atoms with Crippen molar-refractivity contribution in [3.8, 4) is 5.75 Å². The van der Waals surface area contributed by atoms with Crippen LogP contribution in [0.4, 0.5) is 0 Å². The number of ether oxygens (including phenoxy) is 1. The van der Waals surface area contributed by atoms with E-state index in [9.17, 15) is 4.79 Å². The number of hydrogen-bond acceptors (Lipinski definition) is 4. The molecule has 0 saturated heterocycles. The summed E-state index contributed by atoms with van der Waals surface area (Å²) < 4.78 is 5.97. The molecule has 1 N–H and O–H groups in total. The van der Waals surface area contributed by atoms with Crippen LogP contribution < -0.4 is 4.74 Å². The third-order valence-corrected chi connectivity index (χ3v) is 6.07. The summed E-state index contributed by atoms with van der Waals surface area (Å²) in [5.41, 5.74) is 6.11. The van der Waals surface area contributed by atoms with Crippen LogP contribution in [0.15, 0.2) is 65.9 Å². The molecule has 2 heterocycles. The molecule has 0 unspecified atom stereocenters. The van der Waals surface area contributed by atoms with Gasteiger partial charge in [-0.15, -0.1) is 0 Å². The SMILES string of the molecule is C=NCc1ccc2c3c([nH]c2c1)C(C)(C)c1ccc(OCc2ccncc2)cc1C3=O. The Bertz CT molecular complexity index is 1320. The van der Waals surface area contributed by atoms with E-state index in [1.807, 2.05) is 42.5 Å². The van der Waals surface area contributed by atoms with Crippen molar-refractivity contribution in [2.75, 3.05) is 0 Å². The molecule has 31 heavy (non-hydrogen) atoms. The van der Waals surface area contributed by atoms with E-state index in [4.69, 9.17) is 4.74 Å². The Kier molecular flexibility index (Phi) is 4.47. The molecule has 4 aromatic rings. The first kappa shape index (κ1) is 19.2. The highest BCUT2D eigenvalue weighted by atomic mass is 16.5. The average molecular weight is 409 g/mol. The van der Waals surface area contributed by atoms with Gasteiger partial charge in [-0.3, -0.25) is 14.8 Å². The fraction of sp³-hybridized carbons (Fsp3) is 0.192. The first-order chi connectivity index (χ1) is 15.0. The molecule has 5 heteroatoms. The monoisotopic (exact) mass is 409 g/mol. The molecule has 2 aromatic heterocycles. The van der Waals surface area contributed by atoms with E-state index in [2.05, 4.69) is 41.6 Å². The second kappa shape index (κ2) is 7.20. The summed E-state index contributed by atoms with van der Waals surface area (Å²) in [6, 6.07) is 15.7. The minimum absolute atomic E-state index is 0.0273. The van der Waals surface area contributed by atoms with E-state index in [1.54, 1.807) is 12.4 Å². The number of pyridine rings is 1. The van der Waals surface area contributed by atoms with Gasteiger partial charge in [0.1, 0.15) is 12.4 Å². The number of nitrogens with zero attached hydrogens (tertiary/aromatic N) is 2. The molecule has 1 aliphatic rings. The molecule has 0 spiro atoms. The molecule has 0 amide bonds. The van der Waals surface area contributed by atoms with Crippen LogP contribution in [0.1, 0.15) is 52.2 Å². The van der Waals surface area contributed by atoms with Gasteiger partial charge in [-0.05, 0) is 53.7 Å². The number of carbonyl (C=O) groups is 1. The second-order valence-electron chi connectivity index (χ2n) is 8.44. The zero-order valence-corrected chi connectivity index (χ0v) is 17.6. The summed E-state index contributed by atoms with van der Waals surface area (Å²) >= 11 is 0. The maximum Gasteiger partial charge on any atom is 0.195 e. The molecule has 0 atom stereocenters. The van der Waals surface area contributed by atoms with E-state index in [1.165, 1.54) is 0 Å². The number of fused-ring (bicyclic) bond motifs is 4. The van der Waals surface area contributed by atoms with Crippen molar-refractivity contribution in [1.82, 2.24) is 9.97 Å². The van der Waals surface area contributed by atoms with Crippen LogP contribution >= 0.6 is 0 Å². The maximum atomic E-state index is 13.6. The minimum atomic E-state index is -0.335. The van der Waals surface area contributed by atoms with E-state index in [-0.39, 0.29) is 11.2 Å². The lowest BCUT2D eigenvalue weighted by Gasteiger charge is -2.32. The summed E-state index contributed by atoms with van der Waals surface area (Å²) in [5.74, 6) is 0.710. The van der Waals surface area contributed by atoms with Crippen molar-refractivity contribution in [3.05, 3.63) is 94.4 Å².